The lowest BCUT2D eigenvalue weighted by Gasteiger charge is -2.07. The highest BCUT2D eigenvalue weighted by molar-refractivity contribution is 5.95. The van der Waals surface area contributed by atoms with Crippen LogP contribution in [0.1, 0.15) is 21.9 Å². The largest absolute Gasteiger partial charge is 0.466 e. The van der Waals surface area contributed by atoms with E-state index in [1.165, 1.54) is 0 Å². The number of nitrogens with one attached hydrogen (secondary N) is 2. The van der Waals surface area contributed by atoms with Crippen LogP contribution in [0.2, 0.25) is 0 Å². The summed E-state index contributed by atoms with van der Waals surface area (Å²) in [5.41, 5.74) is 1.66. The molecule has 1 amide bonds. The Hall–Kier alpha value is -2.23. The fourth-order valence-corrected chi connectivity index (χ4v) is 1.89. The van der Waals surface area contributed by atoms with E-state index in [-0.39, 0.29) is 5.91 Å². The third-order valence-electron chi connectivity index (χ3n) is 2.80. The minimum atomic E-state index is -0.0933. The van der Waals surface area contributed by atoms with E-state index in [4.69, 9.17) is 4.42 Å². The molecule has 0 bridgehead atoms. The van der Waals surface area contributed by atoms with Crippen LogP contribution >= 0.6 is 0 Å². The molecule has 2 N–H and O–H groups in total. The van der Waals surface area contributed by atoms with Gasteiger partial charge in [-0.1, -0.05) is 18.2 Å². The molecule has 100 valence electrons. The van der Waals surface area contributed by atoms with Gasteiger partial charge in [0.1, 0.15) is 11.5 Å². The van der Waals surface area contributed by atoms with E-state index in [9.17, 15) is 4.79 Å². The third-order valence-corrected chi connectivity index (χ3v) is 2.80. The van der Waals surface area contributed by atoms with Crippen LogP contribution in [0, 0.1) is 13.8 Å². The predicted octanol–water partition coefficient (Wildman–Crippen LogP) is 2.74. The second kappa shape index (κ2) is 6.09. The third kappa shape index (κ3) is 3.61. The van der Waals surface area contributed by atoms with Crippen LogP contribution in [0.15, 0.2) is 40.8 Å². The highest BCUT2D eigenvalue weighted by Gasteiger charge is 2.12. The smallest absolute Gasteiger partial charge is 0.254 e. The number of rotatable bonds is 5. The van der Waals surface area contributed by atoms with Crippen molar-refractivity contribution in [2.75, 3.05) is 18.4 Å². The van der Waals surface area contributed by atoms with Gasteiger partial charge in [0.2, 0.25) is 0 Å². The second-order valence-electron chi connectivity index (χ2n) is 4.38. The van der Waals surface area contributed by atoms with Crippen LogP contribution in [0.25, 0.3) is 0 Å². The summed E-state index contributed by atoms with van der Waals surface area (Å²) in [6.07, 6.45) is 0. The van der Waals surface area contributed by atoms with Gasteiger partial charge in [-0.3, -0.25) is 4.79 Å². The lowest BCUT2D eigenvalue weighted by Crippen LogP contribution is -2.28. The fraction of sp³-hybridized carbons (Fsp3) is 0.267. The van der Waals surface area contributed by atoms with Gasteiger partial charge in [0, 0.05) is 18.8 Å². The minimum absolute atomic E-state index is 0.0933. The fourth-order valence-electron chi connectivity index (χ4n) is 1.89. The van der Waals surface area contributed by atoms with Gasteiger partial charge in [0.25, 0.3) is 5.91 Å². The Morgan fingerprint density at radius 1 is 1.16 bits per heavy atom. The average molecular weight is 258 g/mol. The Morgan fingerprint density at radius 3 is 2.53 bits per heavy atom. The van der Waals surface area contributed by atoms with E-state index in [1.54, 1.807) is 13.0 Å². The van der Waals surface area contributed by atoms with E-state index < -0.39 is 0 Å². The molecular formula is C15H18N2O2. The van der Waals surface area contributed by atoms with Gasteiger partial charge in [0.15, 0.2) is 0 Å². The molecule has 19 heavy (non-hydrogen) atoms. The van der Waals surface area contributed by atoms with Crippen molar-refractivity contribution < 1.29 is 9.21 Å². The number of carbonyl (C=O) groups is 1. The number of para-hydroxylation sites is 1. The zero-order valence-electron chi connectivity index (χ0n) is 11.2. The molecule has 4 nitrogen and oxygen atoms in total. The van der Waals surface area contributed by atoms with Crippen molar-refractivity contribution in [3.8, 4) is 0 Å². The molecule has 0 spiro atoms. The number of hydrogen-bond acceptors (Lipinski definition) is 3. The van der Waals surface area contributed by atoms with Crippen molar-refractivity contribution in [1.29, 1.82) is 0 Å². The molecule has 2 aromatic rings. The van der Waals surface area contributed by atoms with Crippen LogP contribution in [-0.4, -0.2) is 19.0 Å². The second-order valence-corrected chi connectivity index (χ2v) is 4.38. The summed E-state index contributed by atoms with van der Waals surface area (Å²) in [6, 6.07) is 11.7. The van der Waals surface area contributed by atoms with Crippen molar-refractivity contribution in [3.63, 3.8) is 0 Å². The highest BCUT2D eigenvalue weighted by atomic mass is 16.3. The normalized spacial score (nSPS) is 10.2. The van der Waals surface area contributed by atoms with Crippen LogP contribution in [-0.2, 0) is 0 Å². The summed E-state index contributed by atoms with van der Waals surface area (Å²) in [6.45, 7) is 4.88. The van der Waals surface area contributed by atoms with Crippen molar-refractivity contribution in [3.05, 3.63) is 53.5 Å². The van der Waals surface area contributed by atoms with Crippen LogP contribution in [0.4, 0.5) is 5.69 Å². The number of anilines is 1. The Labute approximate surface area is 112 Å². The zero-order valence-corrected chi connectivity index (χ0v) is 11.2. The first kappa shape index (κ1) is 13.2. The first-order valence-corrected chi connectivity index (χ1v) is 6.31. The summed E-state index contributed by atoms with van der Waals surface area (Å²) in [4.78, 5) is 11.9. The van der Waals surface area contributed by atoms with Gasteiger partial charge < -0.3 is 15.1 Å². The number of benzene rings is 1. The monoisotopic (exact) mass is 258 g/mol. The average Bonchev–Trinajstić information content (AvgIpc) is 2.75. The molecule has 0 aliphatic heterocycles. The van der Waals surface area contributed by atoms with E-state index in [0.29, 0.717) is 24.4 Å². The first-order valence-electron chi connectivity index (χ1n) is 6.31. The van der Waals surface area contributed by atoms with Crippen molar-refractivity contribution in [1.82, 2.24) is 5.32 Å². The molecule has 1 heterocycles. The Morgan fingerprint density at radius 2 is 1.89 bits per heavy atom. The van der Waals surface area contributed by atoms with Crippen molar-refractivity contribution >= 4 is 11.6 Å². The molecule has 0 radical (unpaired) electrons. The standard InChI is InChI=1S/C15H18N2O2/c1-11-10-14(12(2)19-11)15(18)17-9-8-16-13-6-4-3-5-7-13/h3-7,10,16H,8-9H2,1-2H3,(H,17,18). The Balaban J connectivity index is 1.77. The molecule has 0 saturated carbocycles. The van der Waals surface area contributed by atoms with Gasteiger partial charge in [0.05, 0.1) is 5.56 Å². The van der Waals surface area contributed by atoms with Gasteiger partial charge in [-0.15, -0.1) is 0 Å². The maximum absolute atomic E-state index is 11.9. The van der Waals surface area contributed by atoms with Gasteiger partial charge in [-0.2, -0.15) is 0 Å². The van der Waals surface area contributed by atoms with E-state index in [2.05, 4.69) is 10.6 Å². The summed E-state index contributed by atoms with van der Waals surface area (Å²) < 4.78 is 5.33. The van der Waals surface area contributed by atoms with Gasteiger partial charge in [-0.05, 0) is 32.0 Å². The predicted molar refractivity (Wildman–Crippen MR) is 75.4 cm³/mol. The summed E-state index contributed by atoms with van der Waals surface area (Å²) in [5.74, 6) is 1.32. The molecule has 0 saturated heterocycles. The van der Waals surface area contributed by atoms with E-state index in [0.717, 1.165) is 11.4 Å². The van der Waals surface area contributed by atoms with Crippen LogP contribution in [0.5, 0.6) is 0 Å². The molecule has 4 heteroatoms. The lowest BCUT2D eigenvalue weighted by molar-refractivity contribution is 0.0953. The number of carbonyl (C=O) groups excluding carboxylic acids is 1. The minimum Gasteiger partial charge on any atom is -0.466 e. The lowest BCUT2D eigenvalue weighted by atomic mass is 10.2. The summed E-state index contributed by atoms with van der Waals surface area (Å²) >= 11 is 0. The van der Waals surface area contributed by atoms with Crippen molar-refractivity contribution in [2.45, 2.75) is 13.8 Å². The van der Waals surface area contributed by atoms with E-state index >= 15 is 0 Å². The zero-order chi connectivity index (χ0) is 13.7. The molecule has 1 aromatic carbocycles. The number of hydrogen-bond donors (Lipinski definition) is 2. The Bertz CT molecular complexity index is 547. The summed E-state index contributed by atoms with van der Waals surface area (Å²) in [7, 11) is 0. The number of aryl methyl sites for hydroxylation is 2. The van der Waals surface area contributed by atoms with Crippen LogP contribution < -0.4 is 10.6 Å². The first-order chi connectivity index (χ1) is 9.16. The number of furan rings is 1. The molecule has 2 rings (SSSR count). The molecule has 1 aromatic heterocycles. The van der Waals surface area contributed by atoms with Gasteiger partial charge >= 0.3 is 0 Å². The highest BCUT2D eigenvalue weighted by Crippen LogP contribution is 2.13. The number of amides is 1. The molecule has 0 fully saturated rings. The maximum atomic E-state index is 11.9. The van der Waals surface area contributed by atoms with E-state index in [1.807, 2.05) is 37.3 Å². The van der Waals surface area contributed by atoms with Crippen molar-refractivity contribution in [2.24, 2.45) is 0 Å². The molecular weight excluding hydrogens is 240 g/mol. The SMILES string of the molecule is Cc1cc(C(=O)NCCNc2ccccc2)c(C)o1. The quantitative estimate of drug-likeness (QED) is 0.811. The maximum Gasteiger partial charge on any atom is 0.254 e. The molecule has 0 unspecified atom stereocenters. The van der Waals surface area contributed by atoms with Gasteiger partial charge in [-0.25, -0.2) is 0 Å². The molecule has 0 aliphatic rings. The molecule has 0 aliphatic carbocycles. The van der Waals surface area contributed by atoms with Crippen LogP contribution in [0.3, 0.4) is 0 Å². The molecule has 0 atom stereocenters. The topological polar surface area (TPSA) is 54.3 Å². The Kier molecular flexibility index (Phi) is 4.23. The summed E-state index contributed by atoms with van der Waals surface area (Å²) in [5, 5.41) is 6.10.